The molecule has 2 aromatic carbocycles. The minimum absolute atomic E-state index is 0.111. The Morgan fingerprint density at radius 3 is 2.21 bits per heavy atom. The van der Waals surface area contributed by atoms with Crippen LogP contribution >= 0.6 is 0 Å². The molecule has 1 aliphatic rings. The number of anilines is 3. The second-order valence-corrected chi connectivity index (χ2v) is 10.1. The third-order valence-corrected chi connectivity index (χ3v) is 7.12. The van der Waals surface area contributed by atoms with Gasteiger partial charge in [-0.2, -0.15) is 8.42 Å². The van der Waals surface area contributed by atoms with Crippen LogP contribution in [0.1, 0.15) is 0 Å². The molecular formula is C25H25N9O4S. The minimum Gasteiger partial charge on any atom is -0.378 e. The predicted molar refractivity (Wildman–Crippen MR) is 148 cm³/mol. The lowest BCUT2D eigenvalue weighted by atomic mass is 10.2. The molecule has 2 amide bonds. The number of sulfonamides is 1. The Balaban J connectivity index is 1.29. The van der Waals surface area contributed by atoms with Crippen LogP contribution in [-0.4, -0.2) is 61.7 Å². The number of guanidine groups is 1. The Labute approximate surface area is 224 Å². The number of fused-ring (bicyclic) bond motifs is 1. The highest BCUT2D eigenvalue weighted by atomic mass is 32.2. The fourth-order valence-electron chi connectivity index (χ4n) is 3.99. The zero-order valence-electron chi connectivity index (χ0n) is 20.6. The lowest BCUT2D eigenvalue weighted by Crippen LogP contribution is -2.37. The Morgan fingerprint density at radius 2 is 1.56 bits per heavy atom. The molecule has 4 aromatic rings. The molecule has 0 bridgehead atoms. The van der Waals surface area contributed by atoms with E-state index in [1.807, 2.05) is 24.3 Å². The summed E-state index contributed by atoms with van der Waals surface area (Å²) < 4.78 is 32.8. The summed E-state index contributed by atoms with van der Waals surface area (Å²) >= 11 is 0. The van der Waals surface area contributed by atoms with Gasteiger partial charge in [0, 0.05) is 36.2 Å². The first-order valence-corrected chi connectivity index (χ1v) is 13.3. The largest absolute Gasteiger partial charge is 0.378 e. The summed E-state index contributed by atoms with van der Waals surface area (Å²) in [7, 11) is -4.01. The van der Waals surface area contributed by atoms with Gasteiger partial charge in [0.2, 0.25) is 5.96 Å². The zero-order chi connectivity index (χ0) is 27.4. The van der Waals surface area contributed by atoms with Crippen LogP contribution in [0.25, 0.3) is 22.4 Å². The highest BCUT2D eigenvalue weighted by Crippen LogP contribution is 2.28. The number of urea groups is 1. The first-order valence-electron chi connectivity index (χ1n) is 11.9. The summed E-state index contributed by atoms with van der Waals surface area (Å²) in [6.45, 7) is 2.72. The summed E-state index contributed by atoms with van der Waals surface area (Å²) in [5.74, 6) is 0.767. The quantitative estimate of drug-likeness (QED) is 0.205. The van der Waals surface area contributed by atoms with Crippen molar-refractivity contribution >= 4 is 50.2 Å². The van der Waals surface area contributed by atoms with E-state index in [1.165, 1.54) is 24.3 Å². The van der Waals surface area contributed by atoms with E-state index in [-0.39, 0.29) is 4.90 Å². The van der Waals surface area contributed by atoms with Crippen LogP contribution in [0.15, 0.2) is 76.2 Å². The van der Waals surface area contributed by atoms with Gasteiger partial charge in [0.05, 0.1) is 23.5 Å². The van der Waals surface area contributed by atoms with Gasteiger partial charge in [0.1, 0.15) is 5.82 Å². The number of nitrogens with one attached hydrogen (secondary N) is 2. The van der Waals surface area contributed by atoms with Crippen molar-refractivity contribution < 1.29 is 17.9 Å². The monoisotopic (exact) mass is 547 g/mol. The van der Waals surface area contributed by atoms with Gasteiger partial charge in [0.15, 0.2) is 11.5 Å². The maximum atomic E-state index is 12.5. The van der Waals surface area contributed by atoms with Crippen molar-refractivity contribution in [2.45, 2.75) is 4.90 Å². The van der Waals surface area contributed by atoms with E-state index >= 15 is 0 Å². The maximum absolute atomic E-state index is 12.5. The number of ether oxygens (including phenoxy) is 1. The van der Waals surface area contributed by atoms with Crippen LogP contribution in [0.4, 0.5) is 22.0 Å². The number of morpholine rings is 1. The number of hydrogen-bond donors (Lipinski definition) is 4. The van der Waals surface area contributed by atoms with E-state index in [1.54, 1.807) is 18.3 Å². The van der Waals surface area contributed by atoms with Gasteiger partial charge in [-0.3, -0.25) is 0 Å². The average molecular weight is 548 g/mol. The lowest BCUT2D eigenvalue weighted by Gasteiger charge is -2.28. The number of rotatable bonds is 6. The van der Waals surface area contributed by atoms with Crippen molar-refractivity contribution in [1.29, 1.82) is 0 Å². The SMILES string of the molecule is NC(N)=NS(=O)(=O)c1ccc(NC(=O)Nc2ccc(-c3nc(N4CCOCC4)c4cccnc4n3)cc2)cc1. The van der Waals surface area contributed by atoms with Gasteiger partial charge >= 0.3 is 6.03 Å². The van der Waals surface area contributed by atoms with Gasteiger partial charge in [-0.25, -0.2) is 19.7 Å². The van der Waals surface area contributed by atoms with Crippen LogP contribution < -0.4 is 27.0 Å². The molecule has 1 aliphatic heterocycles. The zero-order valence-corrected chi connectivity index (χ0v) is 21.4. The smallest absolute Gasteiger partial charge is 0.323 e. The van der Waals surface area contributed by atoms with Crippen LogP contribution in [0.3, 0.4) is 0 Å². The van der Waals surface area contributed by atoms with Gasteiger partial charge < -0.3 is 31.7 Å². The van der Waals surface area contributed by atoms with Gasteiger partial charge in [-0.05, 0) is 60.7 Å². The molecule has 0 atom stereocenters. The van der Waals surface area contributed by atoms with Gasteiger partial charge in [0.25, 0.3) is 10.0 Å². The highest BCUT2D eigenvalue weighted by Gasteiger charge is 2.18. The molecule has 0 saturated carbocycles. The van der Waals surface area contributed by atoms with Gasteiger partial charge in [-0.1, -0.05) is 0 Å². The second kappa shape index (κ2) is 10.9. The summed E-state index contributed by atoms with van der Waals surface area (Å²) in [4.78, 5) is 28.4. The third kappa shape index (κ3) is 6.02. The number of pyridine rings is 1. The number of carbonyl (C=O) groups excluding carboxylic acids is 1. The lowest BCUT2D eigenvalue weighted by molar-refractivity contribution is 0.122. The van der Waals surface area contributed by atoms with Crippen LogP contribution in [0.2, 0.25) is 0 Å². The first-order chi connectivity index (χ1) is 18.8. The molecule has 3 heterocycles. The molecule has 14 heteroatoms. The average Bonchev–Trinajstić information content (AvgIpc) is 2.93. The Morgan fingerprint density at radius 1 is 0.923 bits per heavy atom. The van der Waals surface area contributed by atoms with E-state index in [0.29, 0.717) is 36.1 Å². The maximum Gasteiger partial charge on any atom is 0.323 e. The third-order valence-electron chi connectivity index (χ3n) is 5.80. The normalized spacial score (nSPS) is 13.6. The van der Waals surface area contributed by atoms with Crippen molar-refractivity contribution in [3.8, 4) is 11.4 Å². The molecule has 1 fully saturated rings. The summed E-state index contributed by atoms with van der Waals surface area (Å²) in [5.41, 5.74) is 12.6. The van der Waals surface area contributed by atoms with Crippen LogP contribution in [-0.2, 0) is 14.8 Å². The fraction of sp³-hybridized carbons (Fsp3) is 0.160. The van der Waals surface area contributed by atoms with E-state index < -0.39 is 22.0 Å². The fourth-order valence-corrected chi connectivity index (χ4v) is 4.85. The summed E-state index contributed by atoms with van der Waals surface area (Å²) in [6, 6.07) is 15.8. The van der Waals surface area contributed by atoms with Crippen molar-refractivity contribution in [1.82, 2.24) is 15.0 Å². The van der Waals surface area contributed by atoms with E-state index in [4.69, 9.17) is 21.2 Å². The topological polar surface area (TPSA) is 191 Å². The molecule has 0 unspecified atom stereocenters. The Hall–Kier alpha value is -4.82. The number of amides is 2. The molecule has 13 nitrogen and oxygen atoms in total. The van der Waals surface area contributed by atoms with Crippen LogP contribution in [0, 0.1) is 0 Å². The summed E-state index contributed by atoms with van der Waals surface area (Å²) in [6.07, 6.45) is 1.70. The Kier molecular flexibility index (Phi) is 7.21. The van der Waals surface area contributed by atoms with E-state index in [2.05, 4.69) is 29.9 Å². The molecular weight excluding hydrogens is 522 g/mol. The number of aromatic nitrogens is 3. The van der Waals surface area contributed by atoms with Crippen molar-refractivity contribution in [2.75, 3.05) is 41.8 Å². The number of nitrogens with zero attached hydrogens (tertiary/aromatic N) is 5. The molecule has 0 spiro atoms. The van der Waals surface area contributed by atoms with E-state index in [9.17, 15) is 13.2 Å². The van der Waals surface area contributed by atoms with Crippen molar-refractivity contribution in [3.05, 3.63) is 66.9 Å². The van der Waals surface area contributed by atoms with Crippen molar-refractivity contribution in [3.63, 3.8) is 0 Å². The van der Waals surface area contributed by atoms with Crippen molar-refractivity contribution in [2.24, 2.45) is 15.9 Å². The molecule has 0 aliphatic carbocycles. The minimum atomic E-state index is -4.01. The summed E-state index contributed by atoms with van der Waals surface area (Å²) in [5, 5.41) is 6.25. The molecule has 1 saturated heterocycles. The highest BCUT2D eigenvalue weighted by molar-refractivity contribution is 7.90. The molecule has 6 N–H and O–H groups in total. The van der Waals surface area contributed by atoms with Gasteiger partial charge in [-0.15, -0.1) is 4.40 Å². The van der Waals surface area contributed by atoms with Crippen LogP contribution in [0.5, 0.6) is 0 Å². The molecule has 39 heavy (non-hydrogen) atoms. The number of hydrogen-bond acceptors (Lipinski definition) is 8. The second-order valence-electron chi connectivity index (χ2n) is 8.52. The number of nitrogens with two attached hydrogens (primary N) is 2. The number of carbonyl (C=O) groups is 1. The molecule has 200 valence electrons. The molecule has 5 rings (SSSR count). The molecule has 0 radical (unpaired) electrons. The standard InChI is InChI=1S/C25H25N9O4S/c26-24(27)33-39(36,37)19-9-7-18(8-10-19)30-25(35)29-17-5-3-16(4-6-17)21-31-22-20(2-1-11-28-22)23(32-21)34-12-14-38-15-13-34/h1-11H,12-15H2,(H4,26,27,33)(H2,29,30,35). The molecule has 2 aromatic heterocycles. The predicted octanol–water partition coefficient (Wildman–Crippen LogP) is 2.13. The first kappa shape index (κ1) is 25.8. The Bertz CT molecular complexity index is 1630. The number of benzene rings is 2. The van der Waals surface area contributed by atoms with E-state index in [0.717, 1.165) is 29.9 Å².